The first kappa shape index (κ1) is 11.4. The first-order valence-electron chi connectivity index (χ1n) is 4.24. The topological polar surface area (TPSA) is 26.0 Å². The minimum atomic E-state index is -0.763. The zero-order chi connectivity index (χ0) is 9.56. The zero-order valence-corrected chi connectivity index (χ0v) is 7.89. The number of hydrogen-bond donors (Lipinski definition) is 1. The average Bonchev–Trinajstić information content (AvgIpc) is 1.99. The summed E-state index contributed by atoms with van der Waals surface area (Å²) in [4.78, 5) is 0. The Labute approximate surface area is 74.1 Å². The van der Waals surface area contributed by atoms with E-state index in [4.69, 9.17) is 5.73 Å². The average molecular weight is 171 g/mol. The third-order valence-electron chi connectivity index (χ3n) is 1.64. The maximum atomic E-state index is 12.5. The first-order valence-corrected chi connectivity index (χ1v) is 4.24. The van der Waals surface area contributed by atoms with E-state index in [2.05, 4.69) is 6.58 Å². The Bertz CT molecular complexity index is 161. The van der Waals surface area contributed by atoms with Crippen LogP contribution in [0.25, 0.3) is 0 Å². The van der Waals surface area contributed by atoms with Crippen molar-refractivity contribution >= 4 is 0 Å². The summed E-state index contributed by atoms with van der Waals surface area (Å²) in [6, 6.07) is -0.00475. The Morgan fingerprint density at radius 2 is 2.25 bits per heavy atom. The molecule has 0 aliphatic heterocycles. The van der Waals surface area contributed by atoms with Gasteiger partial charge in [-0.3, -0.25) is 0 Å². The van der Waals surface area contributed by atoms with Crippen molar-refractivity contribution in [2.45, 2.75) is 38.9 Å². The molecule has 0 fully saturated rings. The van der Waals surface area contributed by atoms with Gasteiger partial charge in [-0.1, -0.05) is 17.7 Å². The van der Waals surface area contributed by atoms with Crippen molar-refractivity contribution in [1.82, 2.24) is 0 Å². The fourth-order valence-corrected chi connectivity index (χ4v) is 0.960. The van der Waals surface area contributed by atoms with E-state index in [1.54, 1.807) is 13.0 Å². The predicted molar refractivity (Wildman–Crippen MR) is 51.7 cm³/mol. The number of hydrogen-bond acceptors (Lipinski definition) is 1. The van der Waals surface area contributed by atoms with Crippen molar-refractivity contribution in [3.8, 4) is 0 Å². The molecule has 2 heteroatoms. The molecule has 0 spiro atoms. The summed E-state index contributed by atoms with van der Waals surface area (Å²) >= 11 is 0. The summed E-state index contributed by atoms with van der Waals surface area (Å²) < 4.78 is 12.5. The van der Waals surface area contributed by atoms with Gasteiger partial charge in [-0.05, 0) is 26.7 Å². The van der Waals surface area contributed by atoms with Gasteiger partial charge >= 0.3 is 0 Å². The van der Waals surface area contributed by atoms with Crippen LogP contribution in [0.5, 0.6) is 0 Å². The lowest BCUT2D eigenvalue weighted by atomic mass is 10.1. The summed E-state index contributed by atoms with van der Waals surface area (Å²) in [5.41, 5.74) is 6.65. The predicted octanol–water partition coefficient (Wildman–Crippen LogP) is 2.58. The molecule has 70 valence electrons. The van der Waals surface area contributed by atoms with Gasteiger partial charge in [0.05, 0.1) is 0 Å². The van der Waals surface area contributed by atoms with E-state index in [1.165, 1.54) is 0 Å². The molecule has 2 unspecified atom stereocenters. The van der Waals surface area contributed by atoms with Crippen LogP contribution in [0.2, 0.25) is 0 Å². The maximum Gasteiger partial charge on any atom is 0.101 e. The molecule has 1 nitrogen and oxygen atoms in total. The van der Waals surface area contributed by atoms with Crippen LogP contribution < -0.4 is 5.73 Å². The lowest BCUT2D eigenvalue weighted by Crippen LogP contribution is -2.14. The molecule has 0 radical (unpaired) electrons. The Kier molecular flexibility index (Phi) is 5.64. The smallest absolute Gasteiger partial charge is 0.101 e. The van der Waals surface area contributed by atoms with Crippen LogP contribution in [0.3, 0.4) is 0 Å². The Balaban J connectivity index is 3.75. The molecule has 0 saturated carbocycles. The van der Waals surface area contributed by atoms with Gasteiger partial charge in [0.25, 0.3) is 0 Å². The fraction of sp³-hybridized carbons (Fsp3) is 0.600. The minimum absolute atomic E-state index is 0.00475. The number of rotatable bonds is 5. The monoisotopic (exact) mass is 171 g/mol. The molecule has 0 aromatic carbocycles. The second-order valence-electron chi connectivity index (χ2n) is 3.17. The van der Waals surface area contributed by atoms with Gasteiger partial charge in [-0.15, -0.1) is 6.58 Å². The van der Waals surface area contributed by atoms with Crippen LogP contribution in [0.15, 0.2) is 24.3 Å². The van der Waals surface area contributed by atoms with E-state index in [9.17, 15) is 4.39 Å². The molecule has 0 bridgehead atoms. The quantitative estimate of drug-likeness (QED) is 0.632. The Morgan fingerprint density at radius 1 is 1.67 bits per heavy atom. The van der Waals surface area contributed by atoms with Gasteiger partial charge in [0, 0.05) is 6.04 Å². The SMILES string of the molecule is C=CC(N)C/C=C(\C)CC(C)F. The third kappa shape index (κ3) is 6.10. The summed E-state index contributed by atoms with van der Waals surface area (Å²) in [6.07, 6.45) is 4.16. The Hall–Kier alpha value is -0.630. The van der Waals surface area contributed by atoms with Crippen LogP contribution in [0.1, 0.15) is 26.7 Å². The van der Waals surface area contributed by atoms with Gasteiger partial charge in [0.15, 0.2) is 0 Å². The van der Waals surface area contributed by atoms with E-state index in [1.807, 2.05) is 13.0 Å². The number of halogens is 1. The third-order valence-corrected chi connectivity index (χ3v) is 1.64. The summed E-state index contributed by atoms with van der Waals surface area (Å²) in [5, 5.41) is 0. The van der Waals surface area contributed by atoms with Crippen LogP contribution in [-0.2, 0) is 0 Å². The molecule has 0 saturated heterocycles. The van der Waals surface area contributed by atoms with Crippen molar-refractivity contribution in [2.75, 3.05) is 0 Å². The second-order valence-corrected chi connectivity index (χ2v) is 3.17. The molecule has 0 heterocycles. The summed E-state index contributed by atoms with van der Waals surface area (Å²) in [6.45, 7) is 7.05. The lowest BCUT2D eigenvalue weighted by molar-refractivity contribution is 0.359. The molecule has 0 aliphatic carbocycles. The number of allylic oxidation sites excluding steroid dienone is 1. The van der Waals surface area contributed by atoms with Gasteiger partial charge in [0.2, 0.25) is 0 Å². The van der Waals surface area contributed by atoms with E-state index in [-0.39, 0.29) is 6.04 Å². The van der Waals surface area contributed by atoms with Crippen LogP contribution >= 0.6 is 0 Å². The fourth-order valence-electron chi connectivity index (χ4n) is 0.960. The molecular weight excluding hydrogens is 153 g/mol. The van der Waals surface area contributed by atoms with Crippen molar-refractivity contribution in [3.63, 3.8) is 0 Å². The van der Waals surface area contributed by atoms with Crippen molar-refractivity contribution in [3.05, 3.63) is 24.3 Å². The Morgan fingerprint density at radius 3 is 2.67 bits per heavy atom. The van der Waals surface area contributed by atoms with Gasteiger partial charge in [-0.25, -0.2) is 4.39 Å². The van der Waals surface area contributed by atoms with E-state index in [0.29, 0.717) is 6.42 Å². The van der Waals surface area contributed by atoms with E-state index in [0.717, 1.165) is 12.0 Å². The number of nitrogens with two attached hydrogens (primary N) is 1. The minimum Gasteiger partial charge on any atom is -0.324 e. The molecule has 0 aromatic rings. The van der Waals surface area contributed by atoms with Crippen LogP contribution in [0, 0.1) is 0 Å². The van der Waals surface area contributed by atoms with Gasteiger partial charge in [0.1, 0.15) is 6.17 Å². The maximum absolute atomic E-state index is 12.5. The highest BCUT2D eigenvalue weighted by Gasteiger charge is 1.99. The number of alkyl halides is 1. The highest BCUT2D eigenvalue weighted by molar-refractivity contribution is 5.02. The molecule has 2 N–H and O–H groups in total. The van der Waals surface area contributed by atoms with Crippen molar-refractivity contribution in [1.29, 1.82) is 0 Å². The largest absolute Gasteiger partial charge is 0.324 e. The summed E-state index contributed by atoms with van der Waals surface area (Å²) in [7, 11) is 0. The molecule has 12 heavy (non-hydrogen) atoms. The molecule has 0 aromatic heterocycles. The van der Waals surface area contributed by atoms with E-state index >= 15 is 0 Å². The summed E-state index contributed by atoms with van der Waals surface area (Å²) in [5.74, 6) is 0. The zero-order valence-electron chi connectivity index (χ0n) is 7.89. The van der Waals surface area contributed by atoms with E-state index < -0.39 is 6.17 Å². The highest BCUT2D eigenvalue weighted by atomic mass is 19.1. The highest BCUT2D eigenvalue weighted by Crippen LogP contribution is 2.08. The molecular formula is C10H18FN. The molecule has 0 rings (SSSR count). The normalized spacial score (nSPS) is 17.2. The van der Waals surface area contributed by atoms with Crippen LogP contribution in [-0.4, -0.2) is 12.2 Å². The second kappa shape index (κ2) is 5.95. The van der Waals surface area contributed by atoms with Crippen molar-refractivity contribution in [2.24, 2.45) is 5.73 Å². The standard InChI is InChI=1S/C10H18FN/c1-4-10(12)6-5-8(2)7-9(3)11/h4-5,9-10H,1,6-7,12H2,2-3H3/b8-5+. The molecule has 0 amide bonds. The lowest BCUT2D eigenvalue weighted by Gasteiger charge is -2.04. The van der Waals surface area contributed by atoms with Crippen molar-refractivity contribution < 1.29 is 4.39 Å². The van der Waals surface area contributed by atoms with Gasteiger partial charge < -0.3 is 5.73 Å². The van der Waals surface area contributed by atoms with Gasteiger partial charge in [-0.2, -0.15) is 0 Å². The van der Waals surface area contributed by atoms with Crippen LogP contribution in [0.4, 0.5) is 4.39 Å². The molecule has 0 aliphatic rings. The first-order chi connectivity index (χ1) is 5.56. The molecule has 2 atom stereocenters.